The largest absolute Gasteiger partial charge is 0.805 e. The van der Waals surface area contributed by atoms with Crippen molar-refractivity contribution >= 4 is 20.2 Å². The molecule has 0 aliphatic carbocycles. The van der Waals surface area contributed by atoms with Crippen molar-refractivity contribution in [3.05, 3.63) is 59.7 Å². The van der Waals surface area contributed by atoms with Crippen LogP contribution in [0, 0.1) is 0 Å². The smallest absolute Gasteiger partial charge is 0.478 e. The van der Waals surface area contributed by atoms with E-state index in [1.165, 1.54) is 48.5 Å². The molecule has 0 saturated heterocycles. The zero-order chi connectivity index (χ0) is 16.1. The predicted octanol–water partition coefficient (Wildman–Crippen LogP) is 3.20. The van der Waals surface area contributed by atoms with Crippen LogP contribution >= 0.6 is 8.25 Å². The van der Waals surface area contributed by atoms with Crippen LogP contribution in [0.1, 0.15) is 20.7 Å². The average Bonchev–Trinajstić information content (AvgIpc) is 2.48. The van der Waals surface area contributed by atoms with E-state index in [-0.39, 0.29) is 22.6 Å². The molecule has 0 amide bonds. The second-order valence-corrected chi connectivity index (χ2v) is 4.88. The van der Waals surface area contributed by atoms with Gasteiger partial charge in [0.1, 0.15) is 0 Å². The Morgan fingerprint density at radius 2 is 1.05 bits per heavy atom. The van der Waals surface area contributed by atoms with Gasteiger partial charge in [-0.05, 0) is 48.5 Å². The first kappa shape index (κ1) is 15.5. The fourth-order valence-corrected chi connectivity index (χ4v) is 2.13. The molecular formula is C14H10O7P+. The summed E-state index contributed by atoms with van der Waals surface area (Å²) < 4.78 is 21.7. The van der Waals surface area contributed by atoms with E-state index in [1.54, 1.807) is 0 Å². The van der Waals surface area contributed by atoms with E-state index in [2.05, 4.69) is 0 Å². The first-order chi connectivity index (χ1) is 10.5. The molecule has 7 nitrogen and oxygen atoms in total. The van der Waals surface area contributed by atoms with Crippen LogP contribution in [0.3, 0.4) is 0 Å². The number of rotatable bonds is 6. The maximum atomic E-state index is 11.7. The second-order valence-electron chi connectivity index (χ2n) is 4.07. The van der Waals surface area contributed by atoms with Crippen LogP contribution in [0.4, 0.5) is 0 Å². The van der Waals surface area contributed by atoms with E-state index in [4.69, 9.17) is 19.3 Å². The molecule has 112 valence electrons. The van der Waals surface area contributed by atoms with Gasteiger partial charge in [-0.2, -0.15) is 0 Å². The fraction of sp³-hybridized carbons (Fsp3) is 0. The van der Waals surface area contributed by atoms with Crippen molar-refractivity contribution in [3.8, 4) is 11.5 Å². The Hall–Kier alpha value is -2.92. The summed E-state index contributed by atoms with van der Waals surface area (Å²) in [4.78, 5) is 21.4. The fourth-order valence-electron chi connectivity index (χ4n) is 1.51. The summed E-state index contributed by atoms with van der Waals surface area (Å²) in [6.07, 6.45) is 0. The van der Waals surface area contributed by atoms with E-state index >= 15 is 0 Å². The number of hydrogen-bond acceptors (Lipinski definition) is 5. The highest BCUT2D eigenvalue weighted by Gasteiger charge is 2.24. The third-order valence-electron chi connectivity index (χ3n) is 2.56. The van der Waals surface area contributed by atoms with Crippen molar-refractivity contribution in [2.24, 2.45) is 0 Å². The van der Waals surface area contributed by atoms with Crippen LogP contribution in [-0.4, -0.2) is 22.2 Å². The van der Waals surface area contributed by atoms with Gasteiger partial charge < -0.3 is 10.2 Å². The van der Waals surface area contributed by atoms with Crippen LogP contribution in [0.5, 0.6) is 11.5 Å². The van der Waals surface area contributed by atoms with Crippen molar-refractivity contribution < 1.29 is 33.4 Å². The highest BCUT2D eigenvalue weighted by molar-refractivity contribution is 7.34. The van der Waals surface area contributed by atoms with Crippen LogP contribution in [0.25, 0.3) is 0 Å². The van der Waals surface area contributed by atoms with Crippen molar-refractivity contribution in [2.45, 2.75) is 0 Å². The lowest BCUT2D eigenvalue weighted by molar-refractivity contribution is 0.0686. The predicted molar refractivity (Wildman–Crippen MR) is 75.7 cm³/mol. The summed E-state index contributed by atoms with van der Waals surface area (Å²) in [6.45, 7) is 0. The quantitative estimate of drug-likeness (QED) is 0.786. The van der Waals surface area contributed by atoms with E-state index in [0.717, 1.165) is 0 Å². The van der Waals surface area contributed by atoms with E-state index in [0.29, 0.717) is 0 Å². The third-order valence-corrected chi connectivity index (χ3v) is 3.28. The molecule has 2 aromatic carbocycles. The van der Waals surface area contributed by atoms with Crippen molar-refractivity contribution in [2.75, 3.05) is 0 Å². The van der Waals surface area contributed by atoms with Gasteiger partial charge in [-0.15, -0.1) is 0 Å². The first-order valence-corrected chi connectivity index (χ1v) is 7.05. The number of carboxylic acid groups (broad SMARTS) is 2. The van der Waals surface area contributed by atoms with E-state index in [1.807, 2.05) is 0 Å². The molecule has 8 heteroatoms. The minimum absolute atomic E-state index is 0.0766. The van der Waals surface area contributed by atoms with Gasteiger partial charge in [0.25, 0.3) is 0 Å². The van der Waals surface area contributed by atoms with Crippen molar-refractivity contribution in [3.63, 3.8) is 0 Å². The van der Waals surface area contributed by atoms with Crippen LogP contribution in [-0.2, 0) is 4.57 Å². The molecule has 0 aliphatic rings. The Morgan fingerprint density at radius 3 is 1.32 bits per heavy atom. The first-order valence-electron chi connectivity index (χ1n) is 5.95. The SMILES string of the molecule is O=C(O)c1ccc(O[P+](=O)Oc2ccc(C(=O)O)cc2)cc1. The molecule has 2 N–H and O–H groups in total. The molecule has 0 radical (unpaired) electrons. The Bertz CT molecular complexity index is 645. The van der Waals surface area contributed by atoms with Gasteiger partial charge in [0, 0.05) is 4.57 Å². The standard InChI is InChI=1S/C14H9O7P/c15-13(16)9-1-5-11(6-2-9)20-22(19)21-12-7-3-10(4-8-12)14(17)18/h1-8H,(H-,15,16,17,18)/p+1. The molecule has 22 heavy (non-hydrogen) atoms. The number of carbonyl (C=O) groups is 2. The lowest BCUT2D eigenvalue weighted by Gasteiger charge is -1.97. The number of aromatic carboxylic acids is 2. The Balaban J connectivity index is 1.97. The second kappa shape index (κ2) is 6.69. The molecular weight excluding hydrogens is 311 g/mol. The summed E-state index contributed by atoms with van der Waals surface area (Å²) in [7, 11) is -2.53. The highest BCUT2D eigenvalue weighted by atomic mass is 31.1. The Labute approximate surface area is 125 Å². The van der Waals surface area contributed by atoms with Gasteiger partial charge in [0.15, 0.2) is 11.5 Å². The molecule has 0 fully saturated rings. The summed E-state index contributed by atoms with van der Waals surface area (Å²) in [5.74, 6) is -1.78. The van der Waals surface area contributed by atoms with Gasteiger partial charge in [0.2, 0.25) is 0 Å². The minimum atomic E-state index is -2.53. The molecule has 0 spiro atoms. The van der Waals surface area contributed by atoms with Crippen LogP contribution in [0.15, 0.2) is 48.5 Å². The maximum absolute atomic E-state index is 11.7. The molecule has 0 bridgehead atoms. The minimum Gasteiger partial charge on any atom is -0.478 e. The zero-order valence-corrected chi connectivity index (χ0v) is 11.9. The Morgan fingerprint density at radius 1 is 0.727 bits per heavy atom. The van der Waals surface area contributed by atoms with Gasteiger partial charge >= 0.3 is 20.2 Å². The molecule has 0 saturated carbocycles. The van der Waals surface area contributed by atoms with Gasteiger partial charge in [-0.25, -0.2) is 18.6 Å². The van der Waals surface area contributed by atoms with Gasteiger partial charge in [0.05, 0.1) is 11.1 Å². The molecule has 2 aromatic rings. The average molecular weight is 321 g/mol. The summed E-state index contributed by atoms with van der Waals surface area (Å²) >= 11 is 0. The zero-order valence-electron chi connectivity index (χ0n) is 11.0. The molecule has 0 unspecified atom stereocenters. The van der Waals surface area contributed by atoms with Gasteiger partial charge in [-0.1, -0.05) is 0 Å². The topological polar surface area (TPSA) is 110 Å². The highest BCUT2D eigenvalue weighted by Crippen LogP contribution is 2.30. The number of carboxylic acids is 2. The summed E-state index contributed by atoms with van der Waals surface area (Å²) in [5, 5.41) is 17.5. The van der Waals surface area contributed by atoms with E-state index < -0.39 is 20.2 Å². The number of hydrogen-bond donors (Lipinski definition) is 2. The molecule has 0 atom stereocenters. The number of benzene rings is 2. The van der Waals surface area contributed by atoms with Crippen molar-refractivity contribution in [1.82, 2.24) is 0 Å². The van der Waals surface area contributed by atoms with E-state index in [9.17, 15) is 14.2 Å². The normalized spacial score (nSPS) is 9.82. The molecule has 0 aliphatic heterocycles. The summed E-state index contributed by atoms with van der Waals surface area (Å²) in [5.41, 5.74) is 0.153. The lowest BCUT2D eigenvalue weighted by atomic mass is 10.2. The molecule has 0 heterocycles. The van der Waals surface area contributed by atoms with Crippen LogP contribution < -0.4 is 9.05 Å². The molecule has 0 aromatic heterocycles. The lowest BCUT2D eigenvalue weighted by Crippen LogP contribution is -1.96. The van der Waals surface area contributed by atoms with Crippen molar-refractivity contribution in [1.29, 1.82) is 0 Å². The van der Waals surface area contributed by atoms with Gasteiger partial charge in [-0.3, -0.25) is 0 Å². The van der Waals surface area contributed by atoms with Crippen LogP contribution in [0.2, 0.25) is 0 Å². The summed E-state index contributed by atoms with van der Waals surface area (Å²) in [6, 6.07) is 10.7. The third kappa shape index (κ3) is 4.04. The Kier molecular flexibility index (Phi) is 4.70. The molecule has 2 rings (SSSR count). The maximum Gasteiger partial charge on any atom is 0.805 e. The monoisotopic (exact) mass is 321 g/mol.